The fourth-order valence-electron chi connectivity index (χ4n) is 0.453. The van der Waals surface area contributed by atoms with E-state index in [2.05, 4.69) is 19.4 Å². The molecule has 0 bridgehead atoms. The second-order valence-electron chi connectivity index (χ2n) is 1.53. The molecule has 0 nitrogen and oxygen atoms in total. The first-order chi connectivity index (χ1) is 3.85. The summed E-state index contributed by atoms with van der Waals surface area (Å²) in [6, 6.07) is 0. The third-order valence-electron chi connectivity index (χ3n) is 0.965. The Balaban J connectivity index is 3.35. The van der Waals surface area contributed by atoms with Crippen molar-refractivity contribution < 1.29 is 0 Å². The number of thioether (sulfide) groups is 1. The van der Waals surface area contributed by atoms with E-state index < -0.39 is 0 Å². The Morgan fingerprint density at radius 2 is 2.25 bits per heavy atom. The van der Waals surface area contributed by atoms with Crippen molar-refractivity contribution in [3.05, 3.63) is 25.3 Å². The van der Waals surface area contributed by atoms with Crippen LogP contribution in [0.2, 0.25) is 0 Å². The molecule has 0 amide bonds. The molecule has 0 aliphatic carbocycles. The lowest BCUT2D eigenvalue weighted by Gasteiger charge is -2.02. The molecule has 46 valence electrons. The summed E-state index contributed by atoms with van der Waals surface area (Å²) in [5.41, 5.74) is 0. The molecule has 8 heavy (non-hydrogen) atoms. The van der Waals surface area contributed by atoms with Gasteiger partial charge in [0.1, 0.15) is 0 Å². The maximum absolute atomic E-state index is 3.68. The summed E-state index contributed by atoms with van der Waals surface area (Å²) in [6.07, 6.45) is 6.98. The predicted octanol–water partition coefficient (Wildman–Crippen LogP) is 2.48. The molecule has 0 N–H and O–H groups in total. The highest BCUT2D eigenvalue weighted by atomic mass is 32.2. The Kier molecular flexibility index (Phi) is 4.87. The van der Waals surface area contributed by atoms with Crippen LogP contribution in [0.3, 0.4) is 0 Å². The van der Waals surface area contributed by atoms with E-state index in [1.54, 1.807) is 11.8 Å². The Bertz CT molecular complexity index is 76.5. The van der Waals surface area contributed by atoms with Gasteiger partial charge in [-0.15, -0.1) is 13.2 Å². The highest BCUT2D eigenvalue weighted by molar-refractivity contribution is 7.99. The van der Waals surface area contributed by atoms with Crippen LogP contribution in [0.25, 0.3) is 0 Å². The molecule has 1 heteroatoms. The van der Waals surface area contributed by atoms with E-state index in [-0.39, 0.29) is 0 Å². The number of rotatable bonds is 4. The van der Waals surface area contributed by atoms with E-state index in [9.17, 15) is 0 Å². The standard InChI is InChI=1S/C7H12S/c1-4-6-7(5-2)8-3/h4-5,7H,1-2,6H2,3H3. The van der Waals surface area contributed by atoms with Gasteiger partial charge in [-0.1, -0.05) is 12.2 Å². The van der Waals surface area contributed by atoms with Crippen LogP contribution >= 0.6 is 11.8 Å². The Hall–Kier alpha value is -0.170. The zero-order valence-electron chi connectivity index (χ0n) is 5.26. The number of hydrogen-bond acceptors (Lipinski definition) is 1. The van der Waals surface area contributed by atoms with Crippen LogP contribution in [-0.2, 0) is 0 Å². The number of hydrogen-bond donors (Lipinski definition) is 0. The van der Waals surface area contributed by atoms with Crippen molar-refractivity contribution >= 4 is 11.8 Å². The SMILES string of the molecule is C=CCC(C=C)SC. The third-order valence-corrected chi connectivity index (χ3v) is 1.96. The van der Waals surface area contributed by atoms with E-state index >= 15 is 0 Å². The van der Waals surface area contributed by atoms with Gasteiger partial charge in [0.25, 0.3) is 0 Å². The normalized spacial score (nSPS) is 12.6. The molecule has 0 saturated heterocycles. The van der Waals surface area contributed by atoms with Crippen molar-refractivity contribution in [2.45, 2.75) is 11.7 Å². The molecule has 0 rings (SSSR count). The molecule has 0 aliphatic rings. The van der Waals surface area contributed by atoms with Crippen LogP contribution in [0.1, 0.15) is 6.42 Å². The van der Waals surface area contributed by atoms with E-state index in [4.69, 9.17) is 0 Å². The monoisotopic (exact) mass is 128 g/mol. The van der Waals surface area contributed by atoms with Crippen LogP contribution in [0.4, 0.5) is 0 Å². The van der Waals surface area contributed by atoms with E-state index in [0.29, 0.717) is 5.25 Å². The summed E-state index contributed by atoms with van der Waals surface area (Å²) in [6.45, 7) is 7.32. The largest absolute Gasteiger partial charge is 0.158 e. The van der Waals surface area contributed by atoms with Gasteiger partial charge in [0.15, 0.2) is 0 Å². The molecule has 0 fully saturated rings. The Morgan fingerprint density at radius 1 is 1.62 bits per heavy atom. The lowest BCUT2D eigenvalue weighted by atomic mass is 10.3. The third kappa shape index (κ3) is 2.92. The lowest BCUT2D eigenvalue weighted by molar-refractivity contribution is 1.08. The van der Waals surface area contributed by atoms with Gasteiger partial charge >= 0.3 is 0 Å². The van der Waals surface area contributed by atoms with Crippen LogP contribution in [0.5, 0.6) is 0 Å². The molecule has 0 aliphatic heterocycles. The first-order valence-electron chi connectivity index (χ1n) is 2.61. The first-order valence-corrected chi connectivity index (χ1v) is 3.90. The molecule has 0 heterocycles. The molecular weight excluding hydrogens is 116 g/mol. The minimum Gasteiger partial charge on any atom is -0.158 e. The predicted molar refractivity (Wildman–Crippen MR) is 42.3 cm³/mol. The lowest BCUT2D eigenvalue weighted by Crippen LogP contribution is -1.92. The summed E-state index contributed by atoms with van der Waals surface area (Å²) in [4.78, 5) is 0. The van der Waals surface area contributed by atoms with Crippen molar-refractivity contribution in [1.82, 2.24) is 0 Å². The summed E-state index contributed by atoms with van der Waals surface area (Å²) in [5, 5.41) is 0.562. The first kappa shape index (κ1) is 7.83. The Labute approximate surface area is 55.7 Å². The Morgan fingerprint density at radius 3 is 2.38 bits per heavy atom. The maximum atomic E-state index is 3.68. The van der Waals surface area contributed by atoms with Gasteiger partial charge in [0.05, 0.1) is 0 Å². The maximum Gasteiger partial charge on any atom is 0.0256 e. The summed E-state index contributed by atoms with van der Waals surface area (Å²) >= 11 is 1.81. The van der Waals surface area contributed by atoms with Crippen LogP contribution in [-0.4, -0.2) is 11.5 Å². The average molecular weight is 128 g/mol. The molecule has 0 radical (unpaired) electrons. The molecule has 0 aromatic carbocycles. The fourth-order valence-corrected chi connectivity index (χ4v) is 0.974. The van der Waals surface area contributed by atoms with Gasteiger partial charge in [0, 0.05) is 5.25 Å². The van der Waals surface area contributed by atoms with Gasteiger partial charge in [-0.3, -0.25) is 0 Å². The van der Waals surface area contributed by atoms with Crippen molar-refractivity contribution in [2.75, 3.05) is 6.26 Å². The van der Waals surface area contributed by atoms with Crippen molar-refractivity contribution in [3.8, 4) is 0 Å². The van der Waals surface area contributed by atoms with Crippen molar-refractivity contribution in [3.63, 3.8) is 0 Å². The van der Waals surface area contributed by atoms with Crippen LogP contribution in [0, 0.1) is 0 Å². The highest BCUT2D eigenvalue weighted by Crippen LogP contribution is 2.10. The minimum absolute atomic E-state index is 0.562. The smallest absolute Gasteiger partial charge is 0.0256 e. The minimum atomic E-state index is 0.562. The second-order valence-corrected chi connectivity index (χ2v) is 2.61. The molecule has 0 aromatic heterocycles. The second kappa shape index (κ2) is 4.98. The number of allylic oxidation sites excluding steroid dienone is 1. The van der Waals surface area contributed by atoms with Gasteiger partial charge in [-0.05, 0) is 12.7 Å². The molecule has 0 saturated carbocycles. The molecular formula is C7H12S. The fraction of sp³-hybridized carbons (Fsp3) is 0.429. The molecule has 0 spiro atoms. The molecule has 1 atom stereocenters. The van der Waals surface area contributed by atoms with E-state index in [1.807, 2.05) is 12.2 Å². The van der Waals surface area contributed by atoms with E-state index in [1.165, 1.54) is 0 Å². The zero-order valence-corrected chi connectivity index (χ0v) is 6.08. The van der Waals surface area contributed by atoms with Gasteiger partial charge in [-0.25, -0.2) is 0 Å². The van der Waals surface area contributed by atoms with Gasteiger partial charge in [0.2, 0.25) is 0 Å². The average Bonchev–Trinajstić information content (AvgIpc) is 1.83. The summed E-state index contributed by atoms with van der Waals surface area (Å²) in [5.74, 6) is 0. The van der Waals surface area contributed by atoms with Crippen molar-refractivity contribution in [1.29, 1.82) is 0 Å². The molecule has 0 aromatic rings. The van der Waals surface area contributed by atoms with Crippen molar-refractivity contribution in [2.24, 2.45) is 0 Å². The van der Waals surface area contributed by atoms with Crippen LogP contribution < -0.4 is 0 Å². The summed E-state index contributed by atoms with van der Waals surface area (Å²) < 4.78 is 0. The molecule has 1 unspecified atom stereocenters. The quantitative estimate of drug-likeness (QED) is 0.524. The zero-order chi connectivity index (χ0) is 6.41. The topological polar surface area (TPSA) is 0 Å². The highest BCUT2D eigenvalue weighted by Gasteiger charge is 1.94. The van der Waals surface area contributed by atoms with Gasteiger partial charge in [-0.2, -0.15) is 11.8 Å². The summed E-state index contributed by atoms with van der Waals surface area (Å²) in [7, 11) is 0. The van der Waals surface area contributed by atoms with E-state index in [0.717, 1.165) is 6.42 Å². The van der Waals surface area contributed by atoms with Crippen LogP contribution in [0.15, 0.2) is 25.3 Å². The van der Waals surface area contributed by atoms with Gasteiger partial charge < -0.3 is 0 Å².